The average Bonchev–Trinajstić information content (AvgIpc) is 2.70. The Morgan fingerprint density at radius 3 is 2.44 bits per heavy atom. The van der Waals surface area contributed by atoms with E-state index in [0.717, 1.165) is 36.3 Å². The van der Waals surface area contributed by atoms with Gasteiger partial charge in [-0.1, -0.05) is 20.3 Å². The van der Waals surface area contributed by atoms with E-state index in [1.165, 1.54) is 19.3 Å². The van der Waals surface area contributed by atoms with Crippen molar-refractivity contribution in [2.75, 3.05) is 6.54 Å². The van der Waals surface area contributed by atoms with Crippen LogP contribution in [0, 0.1) is 29.6 Å². The van der Waals surface area contributed by atoms with Gasteiger partial charge in [0.1, 0.15) is 0 Å². The summed E-state index contributed by atoms with van der Waals surface area (Å²) in [5.41, 5.74) is 6.18. The molecule has 0 aromatic carbocycles. The van der Waals surface area contributed by atoms with Gasteiger partial charge in [-0.15, -0.1) is 0 Å². The first kappa shape index (κ1) is 11.0. The minimum Gasteiger partial charge on any atom is -0.326 e. The van der Waals surface area contributed by atoms with Gasteiger partial charge in [0.25, 0.3) is 0 Å². The van der Waals surface area contributed by atoms with Crippen LogP contribution in [0.1, 0.15) is 39.5 Å². The summed E-state index contributed by atoms with van der Waals surface area (Å²) in [4.78, 5) is 0. The third-order valence-corrected chi connectivity index (χ3v) is 5.70. The minimum atomic E-state index is 0.351. The summed E-state index contributed by atoms with van der Waals surface area (Å²) in [6.45, 7) is 5.53. The minimum absolute atomic E-state index is 0.351. The number of hydrogen-bond acceptors (Lipinski definition) is 2. The van der Waals surface area contributed by atoms with E-state index in [0.29, 0.717) is 12.0 Å². The number of nitrogens with one attached hydrogen (secondary N) is 1. The van der Waals surface area contributed by atoms with E-state index in [-0.39, 0.29) is 0 Å². The van der Waals surface area contributed by atoms with Crippen LogP contribution in [0.15, 0.2) is 0 Å². The zero-order valence-electron chi connectivity index (χ0n) is 10.7. The molecule has 0 aromatic heterocycles. The molecule has 3 aliphatic carbocycles. The van der Waals surface area contributed by atoms with Crippen molar-refractivity contribution in [1.29, 1.82) is 0 Å². The van der Waals surface area contributed by atoms with Gasteiger partial charge < -0.3 is 11.1 Å². The molecule has 6 atom stereocenters. The summed E-state index contributed by atoms with van der Waals surface area (Å²) in [5, 5.41) is 3.75. The summed E-state index contributed by atoms with van der Waals surface area (Å²) in [6.07, 6.45) is 5.78. The predicted molar refractivity (Wildman–Crippen MR) is 67.0 cm³/mol. The summed E-state index contributed by atoms with van der Waals surface area (Å²) >= 11 is 0. The molecule has 2 heteroatoms. The smallest absolute Gasteiger partial charge is 0.0191 e. The lowest BCUT2D eigenvalue weighted by molar-refractivity contribution is 0.391. The summed E-state index contributed by atoms with van der Waals surface area (Å²) < 4.78 is 0. The molecular weight excluding hydrogens is 196 g/mol. The van der Waals surface area contributed by atoms with Crippen molar-refractivity contribution in [1.82, 2.24) is 5.32 Å². The lowest BCUT2D eigenvalue weighted by atomic mass is 10.00. The Morgan fingerprint density at radius 2 is 1.88 bits per heavy atom. The molecule has 3 N–H and O–H groups in total. The molecule has 0 amide bonds. The molecule has 2 nitrogen and oxygen atoms in total. The molecule has 6 unspecified atom stereocenters. The maximum absolute atomic E-state index is 6.18. The van der Waals surface area contributed by atoms with Crippen LogP contribution in [0.2, 0.25) is 0 Å². The van der Waals surface area contributed by atoms with Crippen LogP contribution in [0.25, 0.3) is 0 Å². The molecule has 16 heavy (non-hydrogen) atoms. The molecule has 3 rings (SSSR count). The monoisotopic (exact) mass is 222 g/mol. The van der Waals surface area contributed by atoms with E-state index in [1.807, 2.05) is 0 Å². The molecule has 0 heterocycles. The van der Waals surface area contributed by atoms with E-state index in [4.69, 9.17) is 5.73 Å². The molecule has 3 aliphatic rings. The lowest BCUT2D eigenvalue weighted by Gasteiger charge is -2.20. The van der Waals surface area contributed by atoms with Gasteiger partial charge in [-0.05, 0) is 48.9 Å². The Balaban J connectivity index is 1.45. The van der Waals surface area contributed by atoms with Crippen LogP contribution < -0.4 is 11.1 Å². The van der Waals surface area contributed by atoms with E-state index < -0.39 is 0 Å². The molecular formula is C14H26N2. The zero-order chi connectivity index (χ0) is 11.3. The maximum Gasteiger partial charge on any atom is 0.0191 e. The van der Waals surface area contributed by atoms with Crippen molar-refractivity contribution >= 4 is 0 Å². The third kappa shape index (κ3) is 1.62. The van der Waals surface area contributed by atoms with Crippen LogP contribution in [0.5, 0.6) is 0 Å². The molecule has 0 saturated heterocycles. The van der Waals surface area contributed by atoms with Crippen molar-refractivity contribution in [2.45, 2.75) is 51.6 Å². The van der Waals surface area contributed by atoms with E-state index >= 15 is 0 Å². The van der Waals surface area contributed by atoms with Gasteiger partial charge in [-0.3, -0.25) is 0 Å². The fourth-order valence-electron chi connectivity index (χ4n) is 4.37. The standard InChI is InChI=1S/C14H26N2/c1-3-8(2)11(15)7-16-14-12-9-4-5-10(6-9)13(12)14/h8-14,16H,3-7,15H2,1-2H3. The van der Waals surface area contributed by atoms with E-state index in [9.17, 15) is 0 Å². The highest BCUT2D eigenvalue weighted by Crippen LogP contribution is 2.65. The molecule has 0 radical (unpaired) electrons. The van der Waals surface area contributed by atoms with Crippen LogP contribution in [0.3, 0.4) is 0 Å². The predicted octanol–water partition coefficient (Wildman–Crippen LogP) is 1.99. The Bertz CT molecular complexity index is 249. The highest BCUT2D eigenvalue weighted by molar-refractivity contribution is 5.16. The van der Waals surface area contributed by atoms with E-state index in [2.05, 4.69) is 19.2 Å². The number of nitrogens with two attached hydrogens (primary N) is 1. The third-order valence-electron chi connectivity index (χ3n) is 5.70. The number of hydrogen-bond donors (Lipinski definition) is 2. The lowest BCUT2D eigenvalue weighted by Crippen LogP contribution is -2.40. The van der Waals surface area contributed by atoms with Crippen molar-refractivity contribution in [3.63, 3.8) is 0 Å². The van der Waals surface area contributed by atoms with Gasteiger partial charge in [0.15, 0.2) is 0 Å². The highest BCUT2D eigenvalue weighted by atomic mass is 15.0. The second kappa shape index (κ2) is 3.99. The SMILES string of the molecule is CCC(C)C(N)CNC1C2C3CCC(C3)C12. The first-order chi connectivity index (χ1) is 7.72. The van der Waals surface area contributed by atoms with Gasteiger partial charge >= 0.3 is 0 Å². The molecule has 92 valence electrons. The van der Waals surface area contributed by atoms with Crippen molar-refractivity contribution in [2.24, 2.45) is 35.3 Å². The quantitative estimate of drug-likeness (QED) is 0.746. The average molecular weight is 222 g/mol. The molecule has 0 spiro atoms. The molecule has 3 saturated carbocycles. The number of fused-ring (bicyclic) bond motifs is 5. The van der Waals surface area contributed by atoms with Gasteiger partial charge in [-0.25, -0.2) is 0 Å². The van der Waals surface area contributed by atoms with Crippen molar-refractivity contribution in [3.8, 4) is 0 Å². The Labute approximate surface area is 99.4 Å². The van der Waals surface area contributed by atoms with Crippen LogP contribution in [-0.2, 0) is 0 Å². The van der Waals surface area contributed by atoms with Gasteiger partial charge in [0.2, 0.25) is 0 Å². The van der Waals surface area contributed by atoms with Crippen LogP contribution in [-0.4, -0.2) is 18.6 Å². The second-order valence-corrected chi connectivity index (χ2v) is 6.47. The normalized spacial score (nSPS) is 47.8. The summed E-state index contributed by atoms with van der Waals surface area (Å²) in [6, 6.07) is 1.20. The van der Waals surface area contributed by atoms with Crippen LogP contribution >= 0.6 is 0 Å². The first-order valence-electron chi connectivity index (χ1n) is 7.21. The maximum atomic E-state index is 6.18. The van der Waals surface area contributed by atoms with Gasteiger partial charge in [-0.2, -0.15) is 0 Å². The zero-order valence-corrected chi connectivity index (χ0v) is 10.7. The molecule has 0 aromatic rings. The highest BCUT2D eigenvalue weighted by Gasteiger charge is 2.64. The van der Waals surface area contributed by atoms with Gasteiger partial charge in [0.05, 0.1) is 0 Å². The fraction of sp³-hybridized carbons (Fsp3) is 1.00. The fourth-order valence-corrected chi connectivity index (χ4v) is 4.37. The van der Waals surface area contributed by atoms with E-state index in [1.54, 1.807) is 6.42 Å². The van der Waals surface area contributed by atoms with Gasteiger partial charge in [0, 0.05) is 18.6 Å². The topological polar surface area (TPSA) is 38.0 Å². The van der Waals surface area contributed by atoms with Crippen molar-refractivity contribution in [3.05, 3.63) is 0 Å². The summed E-state index contributed by atoms with van der Waals surface area (Å²) in [7, 11) is 0. The Hall–Kier alpha value is -0.0800. The van der Waals surface area contributed by atoms with Crippen molar-refractivity contribution < 1.29 is 0 Å². The first-order valence-corrected chi connectivity index (χ1v) is 7.21. The molecule has 2 bridgehead atoms. The second-order valence-electron chi connectivity index (χ2n) is 6.47. The van der Waals surface area contributed by atoms with Crippen LogP contribution in [0.4, 0.5) is 0 Å². The Kier molecular flexibility index (Phi) is 2.75. The Morgan fingerprint density at radius 1 is 1.25 bits per heavy atom. The number of rotatable bonds is 5. The molecule has 0 aliphatic heterocycles. The summed E-state index contributed by atoms with van der Waals surface area (Å²) in [5.74, 6) is 4.90. The largest absolute Gasteiger partial charge is 0.326 e. The molecule has 3 fully saturated rings.